The minimum Gasteiger partial charge on any atom is -0.482 e. The zero-order chi connectivity index (χ0) is 16.9. The predicted molar refractivity (Wildman–Crippen MR) is 93.6 cm³/mol. The molecule has 0 radical (unpaired) electrons. The number of nitrogens with zero attached hydrogens (tertiary/aromatic N) is 3. The van der Waals surface area contributed by atoms with E-state index in [4.69, 9.17) is 4.74 Å². The van der Waals surface area contributed by atoms with Crippen LogP contribution in [0.25, 0.3) is 5.69 Å². The van der Waals surface area contributed by atoms with Crippen molar-refractivity contribution in [2.75, 3.05) is 18.6 Å². The third kappa shape index (κ3) is 3.46. The van der Waals surface area contributed by atoms with E-state index in [1.807, 2.05) is 66.2 Å². The molecule has 0 bridgehead atoms. The molecular weight excluding hydrogens is 302 g/mol. The van der Waals surface area contributed by atoms with Gasteiger partial charge in [-0.1, -0.05) is 29.8 Å². The lowest BCUT2D eigenvalue weighted by Crippen LogP contribution is -2.31. The van der Waals surface area contributed by atoms with Gasteiger partial charge in [0.15, 0.2) is 6.61 Å². The van der Waals surface area contributed by atoms with Gasteiger partial charge < -0.3 is 14.2 Å². The second-order valence-corrected chi connectivity index (χ2v) is 5.51. The second kappa shape index (κ2) is 7.00. The highest BCUT2D eigenvalue weighted by molar-refractivity contribution is 5.93. The average molecular weight is 321 g/mol. The Labute approximate surface area is 141 Å². The number of rotatable bonds is 5. The van der Waals surface area contributed by atoms with E-state index in [-0.39, 0.29) is 12.5 Å². The van der Waals surface area contributed by atoms with E-state index in [9.17, 15) is 4.79 Å². The Bertz CT molecular complexity index is 811. The zero-order valence-corrected chi connectivity index (χ0v) is 13.7. The van der Waals surface area contributed by atoms with Gasteiger partial charge in [-0.15, -0.1) is 0 Å². The van der Waals surface area contributed by atoms with Crippen LogP contribution in [0, 0.1) is 6.92 Å². The van der Waals surface area contributed by atoms with Gasteiger partial charge in [-0.25, -0.2) is 4.98 Å². The number of hydrogen-bond acceptors (Lipinski definition) is 3. The quantitative estimate of drug-likeness (QED) is 0.725. The lowest BCUT2D eigenvalue weighted by molar-refractivity contribution is -0.120. The number of para-hydroxylation sites is 2. The van der Waals surface area contributed by atoms with Crippen molar-refractivity contribution >= 4 is 11.6 Å². The third-order valence-electron chi connectivity index (χ3n) is 3.79. The minimum absolute atomic E-state index is 0.0317. The Morgan fingerprint density at radius 1 is 1.17 bits per heavy atom. The normalized spacial score (nSPS) is 10.4. The number of hydrogen-bond donors (Lipinski definition) is 0. The van der Waals surface area contributed by atoms with E-state index in [2.05, 4.69) is 4.98 Å². The second-order valence-electron chi connectivity index (χ2n) is 5.51. The molecule has 1 aromatic heterocycles. The Balaban J connectivity index is 1.70. The third-order valence-corrected chi connectivity index (χ3v) is 3.79. The molecule has 0 aliphatic heterocycles. The van der Waals surface area contributed by atoms with Crippen molar-refractivity contribution in [3.63, 3.8) is 0 Å². The van der Waals surface area contributed by atoms with Crippen molar-refractivity contribution in [3.05, 3.63) is 72.8 Å². The van der Waals surface area contributed by atoms with Crippen LogP contribution in [0.5, 0.6) is 5.75 Å². The maximum Gasteiger partial charge on any atom is 0.264 e. The van der Waals surface area contributed by atoms with Crippen LogP contribution in [-0.4, -0.2) is 29.1 Å². The summed E-state index contributed by atoms with van der Waals surface area (Å²) < 4.78 is 7.60. The average Bonchev–Trinajstić information content (AvgIpc) is 3.14. The number of aryl methyl sites for hydroxylation is 1. The topological polar surface area (TPSA) is 47.4 Å². The van der Waals surface area contributed by atoms with Crippen molar-refractivity contribution in [1.82, 2.24) is 9.55 Å². The van der Waals surface area contributed by atoms with E-state index in [1.165, 1.54) is 0 Å². The van der Waals surface area contributed by atoms with Crippen LogP contribution < -0.4 is 9.64 Å². The molecule has 1 amide bonds. The first-order chi connectivity index (χ1) is 11.6. The number of ether oxygens (including phenoxy) is 1. The lowest BCUT2D eigenvalue weighted by atomic mass is 10.2. The first-order valence-corrected chi connectivity index (χ1v) is 7.68. The summed E-state index contributed by atoms with van der Waals surface area (Å²) in [6, 6.07) is 15.4. The summed E-state index contributed by atoms with van der Waals surface area (Å²) in [5, 5.41) is 0. The van der Waals surface area contributed by atoms with E-state index in [0.717, 1.165) is 16.9 Å². The summed E-state index contributed by atoms with van der Waals surface area (Å²) in [7, 11) is 1.75. The Hall–Kier alpha value is -3.08. The fraction of sp³-hybridized carbons (Fsp3) is 0.158. The van der Waals surface area contributed by atoms with E-state index in [1.54, 1.807) is 24.5 Å². The van der Waals surface area contributed by atoms with Gasteiger partial charge >= 0.3 is 0 Å². The molecule has 122 valence electrons. The molecule has 0 aliphatic carbocycles. The van der Waals surface area contributed by atoms with Crippen LogP contribution in [0.3, 0.4) is 0 Å². The molecule has 5 nitrogen and oxygen atoms in total. The van der Waals surface area contributed by atoms with Gasteiger partial charge in [-0.3, -0.25) is 4.79 Å². The minimum atomic E-state index is -0.112. The lowest BCUT2D eigenvalue weighted by Gasteiger charge is -2.18. The van der Waals surface area contributed by atoms with Gasteiger partial charge in [0.25, 0.3) is 5.91 Å². The number of carbonyl (C=O) groups is 1. The summed E-state index contributed by atoms with van der Waals surface area (Å²) in [5.41, 5.74) is 2.85. The monoisotopic (exact) mass is 321 g/mol. The molecule has 0 unspecified atom stereocenters. The number of anilines is 1. The van der Waals surface area contributed by atoms with Crippen molar-refractivity contribution in [3.8, 4) is 11.4 Å². The molecule has 0 spiro atoms. The molecule has 3 aromatic rings. The van der Waals surface area contributed by atoms with E-state index in [0.29, 0.717) is 5.75 Å². The molecule has 24 heavy (non-hydrogen) atoms. The number of carbonyl (C=O) groups excluding carboxylic acids is 1. The van der Waals surface area contributed by atoms with Crippen LogP contribution in [0.4, 0.5) is 5.69 Å². The number of aromatic nitrogens is 2. The fourth-order valence-corrected chi connectivity index (χ4v) is 2.34. The van der Waals surface area contributed by atoms with E-state index < -0.39 is 0 Å². The van der Waals surface area contributed by atoms with Crippen LogP contribution in [0.2, 0.25) is 0 Å². The molecule has 5 heteroatoms. The number of amides is 1. The standard InChI is InChI=1S/C19H19N3O2/c1-15-7-9-16(10-8-15)21(2)19(23)13-24-18-6-4-3-5-17(18)22-12-11-20-14-22/h3-12,14H,13H2,1-2H3. The summed E-state index contributed by atoms with van der Waals surface area (Å²) in [4.78, 5) is 18.0. The van der Waals surface area contributed by atoms with Gasteiger partial charge in [0, 0.05) is 25.1 Å². The first kappa shape index (κ1) is 15.8. The van der Waals surface area contributed by atoms with Gasteiger partial charge in [-0.05, 0) is 31.2 Å². The van der Waals surface area contributed by atoms with Gasteiger partial charge in [-0.2, -0.15) is 0 Å². The molecular formula is C19H19N3O2. The number of imidazole rings is 1. The van der Waals surface area contributed by atoms with Gasteiger partial charge in [0.2, 0.25) is 0 Å². The summed E-state index contributed by atoms with van der Waals surface area (Å²) in [5.74, 6) is 0.528. The Kier molecular flexibility index (Phi) is 4.61. The van der Waals surface area contributed by atoms with Gasteiger partial charge in [0.1, 0.15) is 5.75 Å². The van der Waals surface area contributed by atoms with Crippen molar-refractivity contribution in [2.24, 2.45) is 0 Å². The molecule has 0 saturated carbocycles. The van der Waals surface area contributed by atoms with Crippen molar-refractivity contribution in [1.29, 1.82) is 0 Å². The summed E-state index contributed by atoms with van der Waals surface area (Å²) in [6.07, 6.45) is 5.23. The zero-order valence-electron chi connectivity index (χ0n) is 13.7. The molecule has 3 rings (SSSR count). The SMILES string of the molecule is Cc1ccc(N(C)C(=O)COc2ccccc2-n2ccnc2)cc1. The predicted octanol–water partition coefficient (Wildman–Crippen LogP) is 3.22. The Morgan fingerprint density at radius 3 is 2.62 bits per heavy atom. The fourth-order valence-electron chi connectivity index (χ4n) is 2.34. The van der Waals surface area contributed by atoms with Crippen molar-refractivity contribution in [2.45, 2.75) is 6.92 Å². The maximum atomic E-state index is 12.4. The largest absolute Gasteiger partial charge is 0.482 e. The molecule has 0 N–H and O–H groups in total. The number of benzene rings is 2. The van der Waals surface area contributed by atoms with E-state index >= 15 is 0 Å². The van der Waals surface area contributed by atoms with Crippen LogP contribution in [-0.2, 0) is 4.79 Å². The van der Waals surface area contributed by atoms with Crippen LogP contribution in [0.15, 0.2) is 67.3 Å². The number of likely N-dealkylation sites (N-methyl/N-ethyl adjacent to an activating group) is 1. The molecule has 0 fully saturated rings. The summed E-state index contributed by atoms with van der Waals surface area (Å²) >= 11 is 0. The maximum absolute atomic E-state index is 12.4. The molecule has 1 heterocycles. The van der Waals surface area contributed by atoms with Gasteiger partial charge in [0.05, 0.1) is 12.0 Å². The van der Waals surface area contributed by atoms with Crippen molar-refractivity contribution < 1.29 is 9.53 Å². The molecule has 2 aromatic carbocycles. The molecule has 0 atom stereocenters. The highest BCUT2D eigenvalue weighted by Gasteiger charge is 2.13. The highest BCUT2D eigenvalue weighted by Crippen LogP contribution is 2.22. The van der Waals surface area contributed by atoms with Crippen LogP contribution in [0.1, 0.15) is 5.56 Å². The Morgan fingerprint density at radius 2 is 1.92 bits per heavy atom. The molecule has 0 saturated heterocycles. The highest BCUT2D eigenvalue weighted by atomic mass is 16.5. The smallest absolute Gasteiger partial charge is 0.264 e. The molecule has 0 aliphatic rings. The summed E-state index contributed by atoms with van der Waals surface area (Å²) in [6.45, 7) is 1.98. The van der Waals surface area contributed by atoms with Crippen LogP contribution >= 0.6 is 0 Å². The first-order valence-electron chi connectivity index (χ1n) is 7.68.